The van der Waals surface area contributed by atoms with E-state index in [1.807, 2.05) is 17.5 Å². The van der Waals surface area contributed by atoms with E-state index in [9.17, 15) is 5.11 Å². The minimum atomic E-state index is -0.940. The highest BCUT2D eigenvalue weighted by molar-refractivity contribution is 7.10. The molecule has 1 N–H and O–H groups in total. The van der Waals surface area contributed by atoms with Crippen LogP contribution in [0, 0.1) is 11.8 Å². The predicted molar refractivity (Wildman–Crippen MR) is 71.1 cm³/mol. The lowest BCUT2D eigenvalue weighted by Crippen LogP contribution is -2.33. The SMILES string of the molecule is COC1C(Cl)=COC(=CC#Cc2cccs2)C1O. The molecule has 2 atom stereocenters. The molecule has 0 saturated carbocycles. The van der Waals surface area contributed by atoms with Gasteiger partial charge in [0.25, 0.3) is 0 Å². The maximum atomic E-state index is 9.95. The molecule has 2 heterocycles. The summed E-state index contributed by atoms with van der Waals surface area (Å²) in [4.78, 5) is 0.953. The van der Waals surface area contributed by atoms with Gasteiger partial charge in [-0.15, -0.1) is 11.3 Å². The number of thiophene rings is 1. The molecule has 1 aromatic heterocycles. The Labute approximate surface area is 114 Å². The van der Waals surface area contributed by atoms with Crippen molar-refractivity contribution in [2.45, 2.75) is 12.2 Å². The summed E-state index contributed by atoms with van der Waals surface area (Å²) in [7, 11) is 1.48. The first-order valence-corrected chi connectivity index (χ1v) is 6.46. The second-order valence-corrected chi connectivity index (χ2v) is 4.90. The standard InChI is InChI=1S/C13H11ClO3S/c1-16-13-10(14)8-17-11(12(13)15)6-2-4-9-5-3-7-18-9/h3,5-8,12-13,15H,1H3. The van der Waals surface area contributed by atoms with Gasteiger partial charge < -0.3 is 14.6 Å². The fourth-order valence-corrected chi connectivity index (χ4v) is 2.28. The molecule has 1 aliphatic heterocycles. The van der Waals surface area contributed by atoms with Crippen LogP contribution in [0.1, 0.15) is 4.88 Å². The quantitative estimate of drug-likeness (QED) is 0.804. The van der Waals surface area contributed by atoms with Crippen molar-refractivity contribution in [2.24, 2.45) is 0 Å². The van der Waals surface area contributed by atoms with Gasteiger partial charge in [0.1, 0.15) is 24.2 Å². The van der Waals surface area contributed by atoms with E-state index in [1.54, 1.807) is 11.3 Å². The van der Waals surface area contributed by atoms with Gasteiger partial charge in [-0.2, -0.15) is 0 Å². The van der Waals surface area contributed by atoms with Crippen molar-refractivity contribution >= 4 is 22.9 Å². The summed E-state index contributed by atoms with van der Waals surface area (Å²) in [6, 6.07) is 3.85. The van der Waals surface area contributed by atoms with E-state index in [0.717, 1.165) is 4.88 Å². The minimum Gasteiger partial charge on any atom is -0.464 e. The molecule has 3 nitrogen and oxygen atoms in total. The molecular formula is C13H11ClO3S. The van der Waals surface area contributed by atoms with Crippen molar-refractivity contribution in [3.63, 3.8) is 0 Å². The third kappa shape index (κ3) is 2.95. The Morgan fingerprint density at radius 2 is 2.44 bits per heavy atom. The smallest absolute Gasteiger partial charge is 0.143 e. The van der Waals surface area contributed by atoms with Crippen LogP contribution in [0.4, 0.5) is 0 Å². The lowest BCUT2D eigenvalue weighted by atomic mass is 10.1. The molecule has 0 aromatic carbocycles. The van der Waals surface area contributed by atoms with Crippen LogP contribution in [0.15, 0.2) is 40.6 Å². The lowest BCUT2D eigenvalue weighted by molar-refractivity contribution is -0.00117. The van der Waals surface area contributed by atoms with Crippen LogP contribution in [-0.4, -0.2) is 24.4 Å². The van der Waals surface area contributed by atoms with Crippen molar-refractivity contribution in [1.29, 1.82) is 0 Å². The van der Waals surface area contributed by atoms with Gasteiger partial charge in [-0.1, -0.05) is 29.5 Å². The van der Waals surface area contributed by atoms with Crippen LogP contribution in [-0.2, 0) is 9.47 Å². The van der Waals surface area contributed by atoms with Gasteiger partial charge in [0.15, 0.2) is 0 Å². The highest BCUT2D eigenvalue weighted by atomic mass is 35.5. The zero-order valence-electron chi connectivity index (χ0n) is 9.59. The molecule has 0 amide bonds. The molecule has 2 rings (SSSR count). The Hall–Kier alpha value is -1.25. The summed E-state index contributed by atoms with van der Waals surface area (Å²) in [6.45, 7) is 0. The van der Waals surface area contributed by atoms with E-state index in [1.165, 1.54) is 19.4 Å². The fraction of sp³-hybridized carbons (Fsp3) is 0.231. The first-order chi connectivity index (χ1) is 8.72. The van der Waals surface area contributed by atoms with Crippen molar-refractivity contribution < 1.29 is 14.6 Å². The van der Waals surface area contributed by atoms with Crippen LogP contribution in [0.25, 0.3) is 0 Å². The number of halogens is 1. The second kappa shape index (κ2) is 6.07. The average Bonchev–Trinajstić information content (AvgIpc) is 2.86. The van der Waals surface area contributed by atoms with Crippen LogP contribution < -0.4 is 0 Å². The molecule has 0 fully saturated rings. The van der Waals surface area contributed by atoms with E-state index >= 15 is 0 Å². The molecular weight excluding hydrogens is 272 g/mol. The number of rotatable bonds is 1. The number of allylic oxidation sites excluding steroid dienone is 1. The van der Waals surface area contributed by atoms with E-state index in [0.29, 0.717) is 10.8 Å². The first-order valence-electron chi connectivity index (χ1n) is 5.20. The summed E-state index contributed by atoms with van der Waals surface area (Å²) in [5.74, 6) is 6.10. The fourth-order valence-electron chi connectivity index (χ4n) is 1.45. The second-order valence-electron chi connectivity index (χ2n) is 3.52. The molecule has 94 valence electrons. The van der Waals surface area contributed by atoms with E-state index < -0.39 is 12.2 Å². The molecule has 5 heteroatoms. The summed E-state index contributed by atoms with van der Waals surface area (Å²) < 4.78 is 10.3. The number of ether oxygens (including phenoxy) is 2. The van der Waals surface area contributed by atoms with Crippen LogP contribution in [0.3, 0.4) is 0 Å². The Bertz CT molecular complexity index is 522. The molecule has 2 unspecified atom stereocenters. The maximum Gasteiger partial charge on any atom is 0.143 e. The van der Waals surface area contributed by atoms with Gasteiger partial charge in [0.2, 0.25) is 0 Å². The van der Waals surface area contributed by atoms with E-state index in [2.05, 4.69) is 11.8 Å². The molecule has 0 radical (unpaired) electrons. The molecule has 18 heavy (non-hydrogen) atoms. The third-order valence-electron chi connectivity index (χ3n) is 2.34. The van der Waals surface area contributed by atoms with Gasteiger partial charge in [-0.05, 0) is 11.4 Å². The van der Waals surface area contributed by atoms with Gasteiger partial charge in [0.05, 0.1) is 9.91 Å². The Morgan fingerprint density at radius 3 is 3.11 bits per heavy atom. The van der Waals surface area contributed by atoms with Crippen molar-refractivity contribution in [3.8, 4) is 11.8 Å². The molecule has 1 aromatic rings. The minimum absolute atomic E-state index is 0.327. The Kier molecular flexibility index (Phi) is 4.45. The summed E-state index contributed by atoms with van der Waals surface area (Å²) >= 11 is 7.40. The van der Waals surface area contributed by atoms with E-state index in [4.69, 9.17) is 21.1 Å². The summed E-state index contributed by atoms with van der Waals surface area (Å²) in [6.07, 6.45) is 1.33. The zero-order chi connectivity index (χ0) is 13.0. The Balaban J connectivity index is 2.14. The molecule has 0 aliphatic carbocycles. The van der Waals surface area contributed by atoms with Gasteiger partial charge >= 0.3 is 0 Å². The van der Waals surface area contributed by atoms with Gasteiger partial charge in [-0.3, -0.25) is 0 Å². The topological polar surface area (TPSA) is 38.7 Å². The largest absolute Gasteiger partial charge is 0.464 e. The number of hydrogen-bond acceptors (Lipinski definition) is 4. The zero-order valence-corrected chi connectivity index (χ0v) is 11.2. The monoisotopic (exact) mass is 282 g/mol. The number of methoxy groups -OCH3 is 1. The maximum absolute atomic E-state index is 9.95. The molecule has 0 saturated heterocycles. The third-order valence-corrected chi connectivity index (χ3v) is 3.43. The predicted octanol–water partition coefficient (Wildman–Crippen LogP) is 2.47. The van der Waals surface area contributed by atoms with Crippen LogP contribution >= 0.6 is 22.9 Å². The highest BCUT2D eigenvalue weighted by Gasteiger charge is 2.30. The molecule has 1 aliphatic rings. The van der Waals surface area contributed by atoms with Gasteiger partial charge in [-0.25, -0.2) is 0 Å². The summed E-state index contributed by atoms with van der Waals surface area (Å²) in [5.41, 5.74) is 0. The molecule has 0 bridgehead atoms. The van der Waals surface area contributed by atoms with Crippen molar-refractivity contribution in [2.75, 3.05) is 7.11 Å². The van der Waals surface area contributed by atoms with Gasteiger partial charge in [0, 0.05) is 13.2 Å². The van der Waals surface area contributed by atoms with Crippen LogP contribution in [0.2, 0.25) is 0 Å². The molecule has 0 spiro atoms. The van der Waals surface area contributed by atoms with Crippen molar-refractivity contribution in [1.82, 2.24) is 0 Å². The lowest BCUT2D eigenvalue weighted by Gasteiger charge is -2.26. The number of aliphatic hydroxyl groups is 1. The number of hydrogen-bond donors (Lipinski definition) is 1. The normalized spacial score (nSPS) is 25.1. The summed E-state index contributed by atoms with van der Waals surface area (Å²) in [5, 5.41) is 12.2. The van der Waals surface area contributed by atoms with E-state index in [-0.39, 0.29) is 0 Å². The number of aliphatic hydroxyl groups excluding tert-OH is 1. The first kappa shape index (κ1) is 13.2. The van der Waals surface area contributed by atoms with Crippen molar-refractivity contribution in [3.05, 3.63) is 45.5 Å². The average molecular weight is 283 g/mol. The highest BCUT2D eigenvalue weighted by Crippen LogP contribution is 2.26. The van der Waals surface area contributed by atoms with Crippen LogP contribution in [0.5, 0.6) is 0 Å². The Morgan fingerprint density at radius 1 is 1.61 bits per heavy atom.